The van der Waals surface area contributed by atoms with Crippen LogP contribution in [0.25, 0.3) is 10.8 Å². The Morgan fingerprint density at radius 2 is 1.63 bits per heavy atom. The monoisotopic (exact) mass is 281 g/mol. The standard InChI is InChI=1S/C13H13O5P/c1-17-19(16,18-2)12-6-5-9-7-11(13(14)15)4-3-10(9)8-12/h3-8,16H,1-2H3/p+1. The van der Waals surface area contributed by atoms with E-state index in [0.29, 0.717) is 5.30 Å². The number of benzene rings is 2. The summed E-state index contributed by atoms with van der Waals surface area (Å²) in [5.41, 5.74) is 0.226. The first-order valence-corrected chi connectivity index (χ1v) is 7.09. The van der Waals surface area contributed by atoms with Crippen molar-refractivity contribution in [3.63, 3.8) is 0 Å². The lowest BCUT2D eigenvalue weighted by Crippen LogP contribution is -2.13. The minimum atomic E-state index is -3.04. The maximum Gasteiger partial charge on any atom is 0.445 e. The molecule has 19 heavy (non-hydrogen) atoms. The summed E-state index contributed by atoms with van der Waals surface area (Å²) in [6.07, 6.45) is 0. The molecule has 100 valence electrons. The van der Waals surface area contributed by atoms with Gasteiger partial charge in [-0.1, -0.05) is 12.1 Å². The van der Waals surface area contributed by atoms with Crippen molar-refractivity contribution in [1.29, 1.82) is 0 Å². The smallest absolute Gasteiger partial charge is 0.445 e. The van der Waals surface area contributed by atoms with E-state index in [4.69, 9.17) is 14.2 Å². The quantitative estimate of drug-likeness (QED) is 0.840. The SMILES string of the molecule is CO[P+](O)(OC)c1ccc2cc(C(=O)O)ccc2c1. The topological polar surface area (TPSA) is 76.0 Å². The van der Waals surface area contributed by atoms with Crippen LogP contribution in [0.3, 0.4) is 0 Å². The minimum absolute atomic E-state index is 0.226. The maximum atomic E-state index is 10.9. The number of hydrogen-bond donors (Lipinski definition) is 2. The van der Waals surface area contributed by atoms with Gasteiger partial charge < -0.3 is 5.11 Å². The molecule has 6 heteroatoms. The van der Waals surface area contributed by atoms with Gasteiger partial charge in [0.1, 0.15) is 0 Å². The summed E-state index contributed by atoms with van der Waals surface area (Å²) in [5, 5.41) is 11.1. The van der Waals surface area contributed by atoms with Crippen LogP contribution in [0.15, 0.2) is 36.4 Å². The van der Waals surface area contributed by atoms with Gasteiger partial charge in [-0.25, -0.2) is 4.79 Å². The summed E-state index contributed by atoms with van der Waals surface area (Å²) in [5.74, 6) is -0.969. The molecule has 0 saturated heterocycles. The number of fused-ring (bicyclic) bond motifs is 1. The minimum Gasteiger partial charge on any atom is -0.478 e. The Bertz CT molecular complexity index is 621. The Balaban J connectivity index is 2.53. The highest BCUT2D eigenvalue weighted by atomic mass is 31.2. The van der Waals surface area contributed by atoms with E-state index in [1.807, 2.05) is 0 Å². The second-order valence-electron chi connectivity index (χ2n) is 3.94. The zero-order valence-electron chi connectivity index (χ0n) is 10.5. The van der Waals surface area contributed by atoms with Crippen molar-refractivity contribution in [2.24, 2.45) is 0 Å². The fourth-order valence-corrected chi connectivity index (χ4v) is 2.96. The molecule has 2 rings (SSSR count). The summed E-state index contributed by atoms with van der Waals surface area (Å²) < 4.78 is 10.1. The Morgan fingerprint density at radius 1 is 1.05 bits per heavy atom. The molecule has 0 saturated carbocycles. The van der Waals surface area contributed by atoms with Crippen molar-refractivity contribution in [3.05, 3.63) is 42.0 Å². The van der Waals surface area contributed by atoms with Crippen molar-refractivity contribution in [2.45, 2.75) is 0 Å². The molecule has 0 atom stereocenters. The van der Waals surface area contributed by atoms with Gasteiger partial charge in [-0.3, -0.25) is 0 Å². The third kappa shape index (κ3) is 2.60. The van der Waals surface area contributed by atoms with E-state index < -0.39 is 13.9 Å². The lowest BCUT2D eigenvalue weighted by molar-refractivity contribution is 0.0697. The molecule has 2 aromatic rings. The van der Waals surface area contributed by atoms with Crippen LogP contribution in [0, 0.1) is 0 Å². The molecule has 0 aliphatic rings. The highest BCUT2D eigenvalue weighted by molar-refractivity contribution is 7.68. The van der Waals surface area contributed by atoms with Crippen LogP contribution < -0.4 is 5.30 Å². The van der Waals surface area contributed by atoms with Crippen molar-refractivity contribution >= 4 is 30.0 Å². The molecule has 0 heterocycles. The zero-order valence-corrected chi connectivity index (χ0v) is 11.4. The van der Waals surface area contributed by atoms with Crippen molar-refractivity contribution in [2.75, 3.05) is 14.2 Å². The maximum absolute atomic E-state index is 10.9. The summed E-state index contributed by atoms with van der Waals surface area (Å²) >= 11 is 0. The molecule has 0 aliphatic carbocycles. The van der Waals surface area contributed by atoms with Crippen molar-refractivity contribution in [3.8, 4) is 0 Å². The van der Waals surface area contributed by atoms with Crippen LogP contribution >= 0.6 is 7.94 Å². The summed E-state index contributed by atoms with van der Waals surface area (Å²) in [6, 6.07) is 9.94. The van der Waals surface area contributed by atoms with Gasteiger partial charge in [0, 0.05) is 0 Å². The van der Waals surface area contributed by atoms with Crippen LogP contribution in [0.4, 0.5) is 0 Å². The van der Waals surface area contributed by atoms with Gasteiger partial charge in [-0.05, 0) is 35.0 Å². The van der Waals surface area contributed by atoms with Crippen LogP contribution in [-0.2, 0) is 9.05 Å². The van der Waals surface area contributed by atoms with Gasteiger partial charge in [0.25, 0.3) is 0 Å². The first-order valence-electron chi connectivity index (χ1n) is 5.51. The van der Waals surface area contributed by atoms with E-state index >= 15 is 0 Å². The fraction of sp³-hybridized carbons (Fsp3) is 0.154. The molecule has 0 aromatic heterocycles. The van der Waals surface area contributed by atoms with Crippen molar-refractivity contribution < 1.29 is 23.8 Å². The predicted octanol–water partition coefficient (Wildman–Crippen LogP) is 2.21. The molecule has 2 aromatic carbocycles. The summed E-state index contributed by atoms with van der Waals surface area (Å²) in [7, 11) is -0.267. The first kappa shape index (κ1) is 13.9. The zero-order chi connectivity index (χ0) is 14.0. The molecular weight excluding hydrogens is 267 g/mol. The number of carboxylic acids is 1. The lowest BCUT2D eigenvalue weighted by Gasteiger charge is -2.12. The average Bonchev–Trinajstić information content (AvgIpc) is 2.45. The van der Waals surface area contributed by atoms with Crippen LogP contribution in [0.1, 0.15) is 10.4 Å². The van der Waals surface area contributed by atoms with Crippen LogP contribution in [0.2, 0.25) is 0 Å². The van der Waals surface area contributed by atoms with Gasteiger partial charge >= 0.3 is 13.9 Å². The van der Waals surface area contributed by atoms with Crippen molar-refractivity contribution in [1.82, 2.24) is 0 Å². The first-order chi connectivity index (χ1) is 9.00. The Labute approximate surface area is 111 Å². The van der Waals surface area contributed by atoms with Crippen LogP contribution in [-0.4, -0.2) is 30.2 Å². The molecule has 2 N–H and O–H groups in total. The summed E-state index contributed by atoms with van der Waals surface area (Å²) in [4.78, 5) is 21.1. The Kier molecular flexibility index (Phi) is 3.83. The highest BCUT2D eigenvalue weighted by Crippen LogP contribution is 2.54. The Hall–Kier alpha value is -1.52. The van der Waals surface area contributed by atoms with E-state index in [1.54, 1.807) is 30.3 Å². The number of hydrogen-bond acceptors (Lipinski definition) is 4. The molecule has 0 radical (unpaired) electrons. The lowest BCUT2D eigenvalue weighted by atomic mass is 10.1. The van der Waals surface area contributed by atoms with Gasteiger partial charge in [0.2, 0.25) is 0 Å². The molecule has 0 aliphatic heterocycles. The second-order valence-corrected chi connectivity index (χ2v) is 6.22. The molecule has 0 amide bonds. The predicted molar refractivity (Wildman–Crippen MR) is 73.7 cm³/mol. The number of carboxylic acid groups (broad SMARTS) is 1. The van der Waals surface area contributed by atoms with Crippen LogP contribution in [0.5, 0.6) is 0 Å². The fourth-order valence-electron chi connectivity index (χ4n) is 1.83. The number of carbonyl (C=O) groups is 1. The number of aromatic carboxylic acids is 1. The largest absolute Gasteiger partial charge is 0.478 e. The molecule has 0 unspecified atom stereocenters. The third-order valence-corrected chi connectivity index (χ3v) is 4.81. The third-order valence-electron chi connectivity index (χ3n) is 2.89. The van der Waals surface area contributed by atoms with Gasteiger partial charge in [0.05, 0.1) is 19.8 Å². The molecule has 0 spiro atoms. The molecular formula is C13H14O5P+. The van der Waals surface area contributed by atoms with Gasteiger partial charge in [-0.15, -0.1) is 0 Å². The molecule has 0 bridgehead atoms. The van der Waals surface area contributed by atoms with E-state index in [9.17, 15) is 9.69 Å². The number of rotatable bonds is 4. The van der Waals surface area contributed by atoms with Gasteiger partial charge in [0.15, 0.2) is 5.30 Å². The van der Waals surface area contributed by atoms with E-state index in [2.05, 4.69) is 0 Å². The Morgan fingerprint density at radius 3 is 2.21 bits per heavy atom. The van der Waals surface area contributed by atoms with E-state index in [1.165, 1.54) is 20.3 Å². The van der Waals surface area contributed by atoms with Gasteiger partial charge in [-0.2, -0.15) is 13.9 Å². The van der Waals surface area contributed by atoms with E-state index in [0.717, 1.165) is 10.8 Å². The molecule has 5 nitrogen and oxygen atoms in total. The second kappa shape index (κ2) is 5.23. The average molecular weight is 281 g/mol. The molecule has 0 fully saturated rings. The van der Waals surface area contributed by atoms with E-state index in [-0.39, 0.29) is 5.56 Å². The highest BCUT2D eigenvalue weighted by Gasteiger charge is 2.41. The summed E-state index contributed by atoms with van der Waals surface area (Å²) in [6.45, 7) is 0. The normalized spacial score (nSPS) is 11.7.